The van der Waals surface area contributed by atoms with Crippen molar-refractivity contribution in [2.75, 3.05) is 7.05 Å². The van der Waals surface area contributed by atoms with E-state index in [0.29, 0.717) is 12.1 Å². The van der Waals surface area contributed by atoms with Crippen LogP contribution in [0.2, 0.25) is 0 Å². The molecule has 1 heterocycles. The Bertz CT molecular complexity index is 392. The van der Waals surface area contributed by atoms with Crippen molar-refractivity contribution in [1.29, 1.82) is 5.26 Å². The maximum atomic E-state index is 11.8. The topological polar surface area (TPSA) is 70.1 Å². The molecule has 80 valence electrons. The molecule has 0 aliphatic heterocycles. The minimum absolute atomic E-state index is 0.132. The van der Waals surface area contributed by atoms with Crippen LogP contribution >= 0.6 is 0 Å². The van der Waals surface area contributed by atoms with E-state index in [2.05, 4.69) is 4.98 Å². The molecule has 1 amide bonds. The van der Waals surface area contributed by atoms with Gasteiger partial charge in [-0.05, 0) is 13.8 Å². The zero-order chi connectivity index (χ0) is 11.4. The summed E-state index contributed by atoms with van der Waals surface area (Å²) in [5.41, 5.74) is 0.566. The van der Waals surface area contributed by atoms with Crippen LogP contribution in [0.25, 0.3) is 0 Å². The SMILES string of the molecule is Cc1ncoc1C(=O)N(C)C(C)CC#N. The number of nitriles is 1. The van der Waals surface area contributed by atoms with Gasteiger partial charge in [-0.2, -0.15) is 5.26 Å². The summed E-state index contributed by atoms with van der Waals surface area (Å²) < 4.78 is 4.99. The highest BCUT2D eigenvalue weighted by Gasteiger charge is 2.21. The van der Waals surface area contributed by atoms with E-state index >= 15 is 0 Å². The van der Waals surface area contributed by atoms with E-state index in [-0.39, 0.29) is 17.7 Å². The highest BCUT2D eigenvalue weighted by molar-refractivity contribution is 5.92. The summed E-state index contributed by atoms with van der Waals surface area (Å²) in [5, 5.41) is 8.53. The van der Waals surface area contributed by atoms with Crippen LogP contribution in [0.5, 0.6) is 0 Å². The summed E-state index contributed by atoms with van der Waals surface area (Å²) in [6.07, 6.45) is 1.54. The number of rotatable bonds is 3. The quantitative estimate of drug-likeness (QED) is 0.750. The summed E-state index contributed by atoms with van der Waals surface area (Å²) in [6.45, 7) is 3.52. The lowest BCUT2D eigenvalue weighted by Crippen LogP contribution is -2.34. The molecule has 0 aromatic carbocycles. The van der Waals surface area contributed by atoms with Crippen LogP contribution in [0.15, 0.2) is 10.8 Å². The Labute approximate surface area is 88.3 Å². The van der Waals surface area contributed by atoms with Gasteiger partial charge in [0.1, 0.15) is 0 Å². The van der Waals surface area contributed by atoms with Gasteiger partial charge in [0.25, 0.3) is 5.91 Å². The number of nitrogens with zero attached hydrogens (tertiary/aromatic N) is 3. The smallest absolute Gasteiger partial charge is 0.291 e. The highest BCUT2D eigenvalue weighted by Crippen LogP contribution is 2.11. The Kier molecular flexibility index (Phi) is 3.45. The van der Waals surface area contributed by atoms with Gasteiger partial charge in [-0.25, -0.2) is 4.98 Å². The van der Waals surface area contributed by atoms with E-state index in [9.17, 15) is 4.79 Å². The Morgan fingerprint density at radius 3 is 2.93 bits per heavy atom. The molecule has 0 saturated carbocycles. The van der Waals surface area contributed by atoms with Gasteiger partial charge >= 0.3 is 0 Å². The zero-order valence-electron chi connectivity index (χ0n) is 9.02. The molecule has 0 saturated heterocycles. The number of aryl methyl sites for hydroxylation is 1. The van der Waals surface area contributed by atoms with Crippen LogP contribution in [0, 0.1) is 18.3 Å². The number of carbonyl (C=O) groups is 1. The third-order valence-corrected chi connectivity index (χ3v) is 2.31. The lowest BCUT2D eigenvalue weighted by atomic mass is 10.2. The Morgan fingerprint density at radius 1 is 1.80 bits per heavy atom. The number of oxazole rings is 1. The molecule has 0 spiro atoms. The largest absolute Gasteiger partial charge is 0.438 e. The van der Waals surface area contributed by atoms with Gasteiger partial charge in [-0.15, -0.1) is 0 Å². The first-order valence-corrected chi connectivity index (χ1v) is 4.62. The first kappa shape index (κ1) is 11.2. The third-order valence-electron chi connectivity index (χ3n) is 2.31. The fourth-order valence-electron chi connectivity index (χ4n) is 1.14. The molecule has 0 N–H and O–H groups in total. The lowest BCUT2D eigenvalue weighted by Gasteiger charge is -2.21. The fourth-order valence-corrected chi connectivity index (χ4v) is 1.14. The van der Waals surface area contributed by atoms with Crippen LogP contribution < -0.4 is 0 Å². The van der Waals surface area contributed by atoms with E-state index in [1.54, 1.807) is 14.0 Å². The van der Waals surface area contributed by atoms with Gasteiger partial charge in [0.05, 0.1) is 18.2 Å². The van der Waals surface area contributed by atoms with Crippen LogP contribution in [-0.4, -0.2) is 28.9 Å². The summed E-state index contributed by atoms with van der Waals surface area (Å²) in [4.78, 5) is 17.2. The summed E-state index contributed by atoms with van der Waals surface area (Å²) in [6, 6.07) is 1.89. The molecule has 5 nitrogen and oxygen atoms in total. The summed E-state index contributed by atoms with van der Waals surface area (Å²) >= 11 is 0. The van der Waals surface area contributed by atoms with E-state index in [1.165, 1.54) is 11.3 Å². The fraction of sp³-hybridized carbons (Fsp3) is 0.500. The van der Waals surface area contributed by atoms with Crippen molar-refractivity contribution in [2.45, 2.75) is 26.3 Å². The van der Waals surface area contributed by atoms with Gasteiger partial charge in [-0.3, -0.25) is 4.79 Å². The minimum Gasteiger partial charge on any atom is -0.438 e. The maximum absolute atomic E-state index is 11.8. The molecule has 1 rings (SSSR count). The Balaban J connectivity index is 2.78. The zero-order valence-corrected chi connectivity index (χ0v) is 9.02. The highest BCUT2D eigenvalue weighted by atomic mass is 16.3. The molecule has 1 aromatic rings. The average Bonchev–Trinajstić information content (AvgIpc) is 2.62. The van der Waals surface area contributed by atoms with Crippen LogP contribution in [0.4, 0.5) is 0 Å². The predicted molar refractivity (Wildman–Crippen MR) is 53.0 cm³/mol. The van der Waals surface area contributed by atoms with E-state index < -0.39 is 0 Å². The van der Waals surface area contributed by atoms with E-state index in [4.69, 9.17) is 9.68 Å². The van der Waals surface area contributed by atoms with Crippen molar-refractivity contribution in [3.63, 3.8) is 0 Å². The van der Waals surface area contributed by atoms with Crippen LogP contribution in [-0.2, 0) is 0 Å². The molecule has 0 aliphatic rings. The standard InChI is InChI=1S/C10H13N3O2/c1-7(4-5-11)13(3)10(14)9-8(2)12-6-15-9/h6-7H,4H2,1-3H3. The first-order chi connectivity index (χ1) is 7.07. The van der Waals surface area contributed by atoms with Crippen molar-refractivity contribution in [3.05, 3.63) is 17.8 Å². The molecule has 15 heavy (non-hydrogen) atoms. The molecule has 1 aromatic heterocycles. The van der Waals surface area contributed by atoms with Crippen LogP contribution in [0.1, 0.15) is 29.6 Å². The number of hydrogen-bond acceptors (Lipinski definition) is 4. The number of hydrogen-bond donors (Lipinski definition) is 0. The molecule has 0 bridgehead atoms. The Hall–Kier alpha value is -1.83. The predicted octanol–water partition coefficient (Wildman–Crippen LogP) is 1.36. The Morgan fingerprint density at radius 2 is 2.47 bits per heavy atom. The average molecular weight is 207 g/mol. The minimum atomic E-state index is -0.243. The molecular formula is C10H13N3O2. The second-order valence-electron chi connectivity index (χ2n) is 3.39. The number of amides is 1. The third kappa shape index (κ3) is 2.34. The maximum Gasteiger partial charge on any atom is 0.291 e. The summed E-state index contributed by atoms with van der Waals surface area (Å²) in [5.74, 6) is -0.00459. The molecule has 5 heteroatoms. The van der Waals surface area contributed by atoms with Crippen molar-refractivity contribution < 1.29 is 9.21 Å². The monoisotopic (exact) mass is 207 g/mol. The van der Waals surface area contributed by atoms with Crippen LogP contribution in [0.3, 0.4) is 0 Å². The van der Waals surface area contributed by atoms with E-state index in [1.807, 2.05) is 13.0 Å². The van der Waals surface area contributed by atoms with Gasteiger partial charge in [0, 0.05) is 13.1 Å². The molecule has 0 aliphatic carbocycles. The molecule has 1 unspecified atom stereocenters. The van der Waals surface area contributed by atoms with Crippen molar-refractivity contribution in [1.82, 2.24) is 9.88 Å². The molecule has 0 radical (unpaired) electrons. The summed E-state index contributed by atoms with van der Waals surface area (Å²) in [7, 11) is 1.65. The van der Waals surface area contributed by atoms with Crippen molar-refractivity contribution in [3.8, 4) is 6.07 Å². The number of carbonyl (C=O) groups excluding carboxylic acids is 1. The number of aromatic nitrogens is 1. The van der Waals surface area contributed by atoms with Crippen molar-refractivity contribution >= 4 is 5.91 Å². The lowest BCUT2D eigenvalue weighted by molar-refractivity contribution is 0.0713. The van der Waals surface area contributed by atoms with Gasteiger partial charge in [0.2, 0.25) is 5.76 Å². The molecule has 0 fully saturated rings. The van der Waals surface area contributed by atoms with Crippen molar-refractivity contribution in [2.24, 2.45) is 0 Å². The van der Waals surface area contributed by atoms with Gasteiger partial charge in [-0.1, -0.05) is 0 Å². The van der Waals surface area contributed by atoms with Gasteiger partial charge in [0.15, 0.2) is 6.39 Å². The molecule has 1 atom stereocenters. The first-order valence-electron chi connectivity index (χ1n) is 4.62. The molecular weight excluding hydrogens is 194 g/mol. The van der Waals surface area contributed by atoms with Gasteiger partial charge < -0.3 is 9.32 Å². The normalized spacial score (nSPS) is 11.9. The second kappa shape index (κ2) is 4.60. The second-order valence-corrected chi connectivity index (χ2v) is 3.39. The van der Waals surface area contributed by atoms with E-state index in [0.717, 1.165) is 0 Å².